The Bertz CT molecular complexity index is 768. The zero-order valence-corrected chi connectivity index (χ0v) is 19.6. The average molecular weight is 517 g/mol. The lowest BCUT2D eigenvalue weighted by atomic mass is 9.73. The number of hydrogen-bond donors (Lipinski definition) is 0. The number of fused-ring (bicyclic) bond motifs is 1. The molecule has 2 saturated carbocycles. The van der Waals surface area contributed by atoms with Gasteiger partial charge >= 0.3 is 17.9 Å². The molecule has 2 bridgehead atoms. The number of nitriles is 1. The molecule has 6 atom stereocenters. The van der Waals surface area contributed by atoms with E-state index in [2.05, 4.69) is 28.7 Å². The van der Waals surface area contributed by atoms with Crippen LogP contribution >= 0.6 is 22.6 Å². The highest BCUT2D eigenvalue weighted by Crippen LogP contribution is 2.62. The summed E-state index contributed by atoms with van der Waals surface area (Å²) in [5, 5.41) is 9.44. The fraction of sp³-hybridized carbons (Fsp3) is 0.810. The van der Waals surface area contributed by atoms with Crippen LogP contribution in [0.4, 0.5) is 0 Å². The molecule has 3 aliphatic rings. The van der Waals surface area contributed by atoms with Crippen LogP contribution in [0.2, 0.25) is 0 Å². The topological polar surface area (TPSA) is 103 Å². The number of nitrogens with zero attached hydrogens (tertiary/aromatic N) is 1. The molecule has 0 radical (unpaired) electrons. The van der Waals surface area contributed by atoms with Gasteiger partial charge in [0.15, 0.2) is 12.0 Å². The minimum atomic E-state index is -1.07. The van der Waals surface area contributed by atoms with Crippen molar-refractivity contribution in [2.24, 2.45) is 28.6 Å². The molecule has 0 aromatic carbocycles. The van der Waals surface area contributed by atoms with Gasteiger partial charge in [0.2, 0.25) is 0 Å². The van der Waals surface area contributed by atoms with Gasteiger partial charge in [-0.25, -0.2) is 4.79 Å². The Balaban J connectivity index is 1.59. The van der Waals surface area contributed by atoms with Crippen LogP contribution in [0.15, 0.2) is 0 Å². The zero-order valence-electron chi connectivity index (χ0n) is 17.5. The zero-order chi connectivity index (χ0) is 21.8. The van der Waals surface area contributed by atoms with E-state index in [9.17, 15) is 19.6 Å². The second-order valence-corrected chi connectivity index (χ2v) is 12.4. The fourth-order valence-electron chi connectivity index (χ4n) is 5.14. The Kier molecular flexibility index (Phi) is 5.69. The van der Waals surface area contributed by atoms with Gasteiger partial charge in [-0.15, -0.1) is 0 Å². The standard InChI is InChI=1S/C21H28INO6/c1-11(2)7-20(5,19(3,4)22)17(25)27-9-14(24)28-15-12-6-13-16(15)29-18(26)21(13,8-12)10-23/h11-13,15-16H,6-9H2,1-5H3. The molecule has 2 aliphatic carbocycles. The van der Waals surface area contributed by atoms with Crippen molar-refractivity contribution in [3.05, 3.63) is 0 Å². The van der Waals surface area contributed by atoms with Crippen molar-refractivity contribution < 1.29 is 28.6 Å². The number of hydrogen-bond acceptors (Lipinski definition) is 7. The van der Waals surface area contributed by atoms with Crippen molar-refractivity contribution in [2.75, 3.05) is 6.61 Å². The van der Waals surface area contributed by atoms with E-state index in [-0.39, 0.29) is 15.3 Å². The molecule has 1 aliphatic heterocycles. The van der Waals surface area contributed by atoms with E-state index in [0.717, 1.165) is 0 Å². The molecule has 3 fully saturated rings. The van der Waals surface area contributed by atoms with Crippen LogP contribution in [0.3, 0.4) is 0 Å². The van der Waals surface area contributed by atoms with Crippen LogP contribution < -0.4 is 0 Å². The van der Waals surface area contributed by atoms with Gasteiger partial charge < -0.3 is 14.2 Å². The maximum atomic E-state index is 12.8. The van der Waals surface area contributed by atoms with Crippen LogP contribution in [0, 0.1) is 39.9 Å². The maximum absolute atomic E-state index is 12.8. The summed E-state index contributed by atoms with van der Waals surface area (Å²) in [6.07, 6.45) is 0.494. The lowest BCUT2D eigenvalue weighted by Gasteiger charge is -2.39. The van der Waals surface area contributed by atoms with Gasteiger partial charge in [-0.05, 0) is 46.0 Å². The van der Waals surface area contributed by atoms with E-state index in [1.165, 1.54) is 0 Å². The first-order valence-electron chi connectivity index (χ1n) is 10.0. The molecule has 7 nitrogen and oxygen atoms in total. The minimum absolute atomic E-state index is 0.0739. The second kappa shape index (κ2) is 7.40. The van der Waals surface area contributed by atoms with E-state index in [4.69, 9.17) is 14.2 Å². The number of esters is 3. The van der Waals surface area contributed by atoms with Crippen LogP contribution in [-0.4, -0.2) is 40.1 Å². The van der Waals surface area contributed by atoms with Crippen molar-refractivity contribution >= 4 is 40.5 Å². The Morgan fingerprint density at radius 2 is 2.03 bits per heavy atom. The highest BCUT2D eigenvalue weighted by atomic mass is 127. The van der Waals surface area contributed by atoms with Crippen molar-refractivity contribution in [1.29, 1.82) is 5.26 Å². The van der Waals surface area contributed by atoms with E-state index in [1.54, 1.807) is 0 Å². The lowest BCUT2D eigenvalue weighted by molar-refractivity contribution is -0.174. The summed E-state index contributed by atoms with van der Waals surface area (Å²) in [7, 11) is 0. The summed E-state index contributed by atoms with van der Waals surface area (Å²) < 4.78 is 15.9. The molecular formula is C21H28INO6. The predicted molar refractivity (Wildman–Crippen MR) is 111 cm³/mol. The quantitative estimate of drug-likeness (QED) is 0.221. The molecule has 1 heterocycles. The van der Waals surface area contributed by atoms with E-state index >= 15 is 0 Å². The van der Waals surface area contributed by atoms with Gasteiger partial charge in [-0.3, -0.25) is 9.59 Å². The summed E-state index contributed by atoms with van der Waals surface area (Å²) in [5.74, 6) is -1.59. The Hall–Kier alpha value is -1.37. The first-order valence-corrected chi connectivity index (χ1v) is 11.1. The molecule has 0 amide bonds. The summed E-state index contributed by atoms with van der Waals surface area (Å²) in [6, 6.07) is 2.13. The summed E-state index contributed by atoms with van der Waals surface area (Å²) >= 11 is 2.24. The number of rotatable bonds is 7. The van der Waals surface area contributed by atoms with Crippen molar-refractivity contribution in [3.63, 3.8) is 0 Å². The van der Waals surface area contributed by atoms with Gasteiger partial charge in [0.25, 0.3) is 0 Å². The molecule has 0 N–H and O–H groups in total. The van der Waals surface area contributed by atoms with Gasteiger partial charge in [0.05, 0.1) is 11.5 Å². The number of halogens is 1. The Morgan fingerprint density at radius 3 is 2.59 bits per heavy atom. The van der Waals surface area contributed by atoms with Gasteiger partial charge in [0, 0.05) is 15.3 Å². The van der Waals surface area contributed by atoms with E-state index in [0.29, 0.717) is 25.2 Å². The summed E-state index contributed by atoms with van der Waals surface area (Å²) in [5.41, 5.74) is -1.82. The van der Waals surface area contributed by atoms with Crippen LogP contribution in [0.1, 0.15) is 53.9 Å². The largest absolute Gasteiger partial charge is 0.457 e. The number of alkyl halides is 1. The van der Waals surface area contributed by atoms with Crippen LogP contribution in [0.25, 0.3) is 0 Å². The summed E-state index contributed by atoms with van der Waals surface area (Å²) in [6.45, 7) is 9.42. The fourth-order valence-corrected chi connectivity index (χ4v) is 5.58. The van der Waals surface area contributed by atoms with Gasteiger partial charge in [0.1, 0.15) is 12.2 Å². The molecular weight excluding hydrogens is 489 g/mol. The monoisotopic (exact) mass is 517 g/mol. The third-order valence-electron chi connectivity index (χ3n) is 6.93. The molecule has 160 valence electrons. The Morgan fingerprint density at radius 1 is 1.38 bits per heavy atom. The summed E-state index contributed by atoms with van der Waals surface area (Å²) in [4.78, 5) is 37.3. The van der Waals surface area contributed by atoms with Crippen LogP contribution in [0.5, 0.6) is 0 Å². The lowest BCUT2D eigenvalue weighted by Crippen LogP contribution is -2.46. The smallest absolute Gasteiger partial charge is 0.344 e. The SMILES string of the molecule is CC(C)CC(C)(C(=O)OCC(=O)OC1C2CC3C1OC(=O)C3(C#N)C2)C(C)(C)I. The Labute approximate surface area is 185 Å². The van der Waals surface area contributed by atoms with Crippen molar-refractivity contribution in [3.8, 4) is 6.07 Å². The first-order chi connectivity index (χ1) is 13.4. The number of carbonyl (C=O) groups is 3. The minimum Gasteiger partial charge on any atom is -0.457 e. The van der Waals surface area contributed by atoms with E-state index < -0.39 is 47.6 Å². The number of ether oxygens (including phenoxy) is 3. The molecule has 1 saturated heterocycles. The predicted octanol–water partition coefficient (Wildman–Crippen LogP) is 3.18. The molecule has 0 aromatic rings. The average Bonchev–Trinajstić information content (AvgIpc) is 3.20. The van der Waals surface area contributed by atoms with Gasteiger partial charge in [-0.1, -0.05) is 36.4 Å². The van der Waals surface area contributed by atoms with Crippen LogP contribution in [-0.2, 0) is 28.6 Å². The molecule has 3 rings (SSSR count). The number of carbonyl (C=O) groups excluding carboxylic acids is 3. The molecule has 0 aromatic heterocycles. The molecule has 6 unspecified atom stereocenters. The maximum Gasteiger partial charge on any atom is 0.344 e. The second-order valence-electron chi connectivity index (χ2n) is 9.69. The third kappa shape index (κ3) is 3.53. The molecule has 29 heavy (non-hydrogen) atoms. The molecule has 0 spiro atoms. The highest BCUT2D eigenvalue weighted by molar-refractivity contribution is 14.1. The van der Waals surface area contributed by atoms with Gasteiger partial charge in [-0.2, -0.15) is 5.26 Å². The first kappa shape index (κ1) is 22.3. The normalized spacial score (nSPS) is 34.5. The van der Waals surface area contributed by atoms with E-state index in [1.807, 2.05) is 34.6 Å². The van der Waals surface area contributed by atoms with Crippen molar-refractivity contribution in [1.82, 2.24) is 0 Å². The molecule has 8 heteroatoms. The third-order valence-corrected chi connectivity index (χ3v) is 8.12. The highest BCUT2D eigenvalue weighted by Gasteiger charge is 2.72. The van der Waals surface area contributed by atoms with Crippen molar-refractivity contribution in [2.45, 2.75) is 69.5 Å².